The predicted octanol–water partition coefficient (Wildman–Crippen LogP) is 2.96. The molecule has 2 N–H and O–H groups in total. The van der Waals surface area contributed by atoms with Gasteiger partial charge in [0.2, 0.25) is 0 Å². The number of rotatable bonds is 19. The fourth-order valence-electron chi connectivity index (χ4n) is 3.10. The number of hydrogen-bond donors (Lipinski definition) is 2. The zero-order chi connectivity index (χ0) is 18.8. The Hall–Kier alpha value is 1.07. The Morgan fingerprint density at radius 2 is 1.35 bits per heavy atom. The second-order valence-electron chi connectivity index (χ2n) is 7.02. The second-order valence-corrected chi connectivity index (χ2v) is 8.26. The molecule has 0 saturated heterocycles. The van der Waals surface area contributed by atoms with Crippen LogP contribution >= 0.6 is 7.82 Å². The molecule has 0 aromatic rings. The van der Waals surface area contributed by atoms with Gasteiger partial charge in [-0.25, -0.2) is 4.57 Å². The van der Waals surface area contributed by atoms with Gasteiger partial charge in [-0.05, 0) is 18.8 Å². The quantitative estimate of drug-likeness (QED) is 0.197. The third-order valence-electron chi connectivity index (χ3n) is 4.50. The number of unbranched alkanes of at least 4 members (excludes halogenated alkanes) is 9. The van der Waals surface area contributed by atoms with Gasteiger partial charge < -0.3 is 16.0 Å². The van der Waals surface area contributed by atoms with Crippen LogP contribution < -0.4 is 29.6 Å². The summed E-state index contributed by atoms with van der Waals surface area (Å²) >= 11 is 0. The summed E-state index contributed by atoms with van der Waals surface area (Å²) in [5, 5.41) is 0. The topological polar surface area (TPSA) is 76.0 Å². The summed E-state index contributed by atoms with van der Waals surface area (Å²) in [6.45, 7) is 5.29. The van der Waals surface area contributed by atoms with Gasteiger partial charge in [0.15, 0.2) is 0 Å². The van der Waals surface area contributed by atoms with E-state index in [2.05, 4.69) is 18.4 Å². The minimum atomic E-state index is -4.36. The molecule has 0 aromatic heterocycles. The van der Waals surface area contributed by atoms with Gasteiger partial charge in [-0.2, -0.15) is 0 Å². The Morgan fingerprint density at radius 3 is 1.85 bits per heavy atom. The van der Waals surface area contributed by atoms with E-state index in [9.17, 15) is 4.57 Å². The Bertz CT molecular complexity index is 331. The summed E-state index contributed by atoms with van der Waals surface area (Å²) in [4.78, 5) is 17.2. The normalized spacial score (nSPS) is 12.8. The SMILES string of the molecule is CCCCCCCCCCCCC(CCC)COCCOP(=O)(O)O.[H-].[Na+]. The molecule has 0 fully saturated rings. The van der Waals surface area contributed by atoms with Gasteiger partial charge in [-0.3, -0.25) is 4.52 Å². The van der Waals surface area contributed by atoms with Crippen molar-refractivity contribution < 1.29 is 54.6 Å². The predicted molar refractivity (Wildman–Crippen MR) is 105 cm³/mol. The van der Waals surface area contributed by atoms with E-state index in [1.54, 1.807) is 0 Å². The Kier molecular flexibility index (Phi) is 23.4. The molecule has 0 saturated carbocycles. The fraction of sp³-hybridized carbons (Fsp3) is 1.00. The molecule has 0 rings (SSSR count). The first-order valence-electron chi connectivity index (χ1n) is 10.3. The minimum absolute atomic E-state index is 0. The first kappa shape index (κ1) is 29.3. The van der Waals surface area contributed by atoms with E-state index in [-0.39, 0.29) is 44.2 Å². The van der Waals surface area contributed by atoms with Crippen LogP contribution in [0, 0.1) is 5.92 Å². The Labute approximate surface area is 185 Å². The minimum Gasteiger partial charge on any atom is -1.00 e. The molecule has 0 amide bonds. The molecule has 0 aliphatic heterocycles. The van der Waals surface area contributed by atoms with E-state index in [0.29, 0.717) is 12.5 Å². The molecular weight excluding hydrogens is 362 g/mol. The Balaban J connectivity index is -0.00000288. The van der Waals surface area contributed by atoms with Crippen molar-refractivity contribution in [3.63, 3.8) is 0 Å². The fourth-order valence-corrected chi connectivity index (χ4v) is 3.42. The van der Waals surface area contributed by atoms with Crippen molar-refractivity contribution in [1.82, 2.24) is 0 Å². The monoisotopic (exact) mass is 404 g/mol. The molecule has 0 aliphatic rings. The van der Waals surface area contributed by atoms with E-state index < -0.39 is 7.82 Å². The summed E-state index contributed by atoms with van der Waals surface area (Å²) in [5.74, 6) is 0.550. The molecular formula is C19H42NaO5P. The van der Waals surface area contributed by atoms with Crippen molar-refractivity contribution in [3.8, 4) is 0 Å². The first-order chi connectivity index (χ1) is 12.0. The largest absolute Gasteiger partial charge is 1.00 e. The number of ether oxygens (including phenoxy) is 1. The molecule has 7 heteroatoms. The van der Waals surface area contributed by atoms with Crippen LogP contribution in [0.25, 0.3) is 0 Å². The molecule has 0 aliphatic carbocycles. The summed E-state index contributed by atoms with van der Waals surface area (Å²) in [6.07, 6.45) is 17.0. The second kappa shape index (κ2) is 20.8. The summed E-state index contributed by atoms with van der Waals surface area (Å²) < 4.78 is 20.5. The number of phosphoric ester groups is 1. The molecule has 1 atom stereocenters. The van der Waals surface area contributed by atoms with Crippen LogP contribution in [-0.4, -0.2) is 29.6 Å². The number of phosphoric acid groups is 1. The third kappa shape index (κ3) is 23.1. The van der Waals surface area contributed by atoms with Crippen molar-refractivity contribution >= 4 is 7.82 Å². The van der Waals surface area contributed by atoms with E-state index in [0.717, 1.165) is 12.8 Å². The van der Waals surface area contributed by atoms with E-state index in [1.807, 2.05) is 0 Å². The van der Waals surface area contributed by atoms with Crippen LogP contribution in [0.15, 0.2) is 0 Å². The van der Waals surface area contributed by atoms with Crippen molar-refractivity contribution in [2.75, 3.05) is 19.8 Å². The van der Waals surface area contributed by atoms with Gasteiger partial charge >= 0.3 is 37.4 Å². The molecule has 0 radical (unpaired) electrons. The average Bonchev–Trinajstić information content (AvgIpc) is 2.55. The van der Waals surface area contributed by atoms with Gasteiger partial charge in [-0.15, -0.1) is 0 Å². The maximum atomic E-state index is 10.6. The average molecular weight is 405 g/mol. The van der Waals surface area contributed by atoms with Crippen molar-refractivity contribution in [2.45, 2.75) is 97.3 Å². The van der Waals surface area contributed by atoms with Crippen LogP contribution in [0.2, 0.25) is 0 Å². The molecule has 154 valence electrons. The summed E-state index contributed by atoms with van der Waals surface area (Å²) in [5.41, 5.74) is 0. The molecule has 0 heterocycles. The molecule has 5 nitrogen and oxygen atoms in total. The smallest absolute Gasteiger partial charge is 1.00 e. The molecule has 0 aromatic carbocycles. The number of hydrogen-bond acceptors (Lipinski definition) is 3. The zero-order valence-corrected chi connectivity index (χ0v) is 20.4. The summed E-state index contributed by atoms with van der Waals surface area (Å²) in [7, 11) is -4.36. The maximum absolute atomic E-state index is 10.6. The van der Waals surface area contributed by atoms with E-state index in [4.69, 9.17) is 14.5 Å². The maximum Gasteiger partial charge on any atom is 1.00 e. The van der Waals surface area contributed by atoms with Gasteiger partial charge in [0.25, 0.3) is 0 Å². The van der Waals surface area contributed by atoms with Gasteiger partial charge in [-0.1, -0.05) is 84.5 Å². The van der Waals surface area contributed by atoms with Crippen LogP contribution in [-0.2, 0) is 13.8 Å². The molecule has 0 spiro atoms. The van der Waals surface area contributed by atoms with Gasteiger partial charge in [0.1, 0.15) is 0 Å². The Morgan fingerprint density at radius 1 is 0.808 bits per heavy atom. The zero-order valence-electron chi connectivity index (χ0n) is 18.5. The third-order valence-corrected chi connectivity index (χ3v) is 5.02. The van der Waals surface area contributed by atoms with Crippen molar-refractivity contribution in [3.05, 3.63) is 0 Å². The molecule has 26 heavy (non-hydrogen) atoms. The van der Waals surface area contributed by atoms with E-state index in [1.165, 1.54) is 70.6 Å². The summed E-state index contributed by atoms with van der Waals surface area (Å²) in [6, 6.07) is 0. The molecule has 1 unspecified atom stereocenters. The van der Waals surface area contributed by atoms with Gasteiger partial charge in [0, 0.05) is 6.61 Å². The van der Waals surface area contributed by atoms with Crippen LogP contribution in [0.1, 0.15) is 98.7 Å². The van der Waals surface area contributed by atoms with Crippen molar-refractivity contribution in [2.24, 2.45) is 5.92 Å². The van der Waals surface area contributed by atoms with Crippen LogP contribution in [0.5, 0.6) is 0 Å². The van der Waals surface area contributed by atoms with Crippen molar-refractivity contribution in [1.29, 1.82) is 0 Å². The first-order valence-corrected chi connectivity index (χ1v) is 11.8. The standard InChI is InChI=1S/C19H41O5P.Na.H/c1-3-5-6-7-8-9-10-11-12-13-15-19(14-4-2)18-23-16-17-24-25(20,21)22;;/h19H,3-18H2,1-2H3,(H2,20,21,22);;/q;+1;-1. The van der Waals surface area contributed by atoms with E-state index >= 15 is 0 Å². The van der Waals surface area contributed by atoms with Crippen LogP contribution in [0.4, 0.5) is 0 Å². The van der Waals surface area contributed by atoms with Gasteiger partial charge in [0.05, 0.1) is 13.2 Å². The van der Waals surface area contributed by atoms with Crippen LogP contribution in [0.3, 0.4) is 0 Å². The molecule has 0 bridgehead atoms.